The highest BCUT2D eigenvalue weighted by Gasteiger charge is 2.20. The van der Waals surface area contributed by atoms with E-state index in [0.717, 1.165) is 0 Å². The van der Waals surface area contributed by atoms with Crippen LogP contribution in [0.1, 0.15) is 20.8 Å². The van der Waals surface area contributed by atoms with E-state index in [0.29, 0.717) is 12.3 Å². The lowest BCUT2D eigenvalue weighted by molar-refractivity contribution is -0.144. The molecule has 0 aliphatic heterocycles. The summed E-state index contributed by atoms with van der Waals surface area (Å²) in [6, 6.07) is 8.72. The molecule has 0 saturated carbocycles. The second kappa shape index (κ2) is 7.41. The van der Waals surface area contributed by atoms with Gasteiger partial charge in [0.2, 0.25) is 0 Å². The van der Waals surface area contributed by atoms with Crippen molar-refractivity contribution in [2.45, 2.75) is 26.8 Å². The van der Waals surface area contributed by atoms with Crippen LogP contribution in [0, 0.1) is 0 Å². The molecule has 0 bridgehead atoms. The molecule has 5 heteroatoms. The first-order valence-electron chi connectivity index (χ1n) is 6.33. The summed E-state index contributed by atoms with van der Waals surface area (Å²) < 4.78 is 4.86. The summed E-state index contributed by atoms with van der Waals surface area (Å²) in [4.78, 5) is 25.0. The summed E-state index contributed by atoms with van der Waals surface area (Å²) in [5.74, 6) is -0.403. The topological polar surface area (TPSA) is 58.6 Å². The number of para-hydroxylation sites is 1. The maximum absolute atomic E-state index is 12.1. The SMILES string of the molecule is CCOC(=O)CN(C(=O)Nc1ccccc1)C(C)C. The Morgan fingerprint density at radius 1 is 1.26 bits per heavy atom. The molecule has 19 heavy (non-hydrogen) atoms. The van der Waals surface area contributed by atoms with Crippen molar-refractivity contribution in [3.05, 3.63) is 30.3 Å². The van der Waals surface area contributed by atoms with E-state index in [1.807, 2.05) is 32.0 Å². The number of hydrogen-bond acceptors (Lipinski definition) is 3. The predicted octanol–water partition coefficient (Wildman–Crippen LogP) is 2.49. The van der Waals surface area contributed by atoms with Crippen LogP contribution >= 0.6 is 0 Å². The first-order valence-corrected chi connectivity index (χ1v) is 6.33. The Labute approximate surface area is 113 Å². The highest BCUT2D eigenvalue weighted by atomic mass is 16.5. The molecule has 2 amide bonds. The van der Waals surface area contributed by atoms with Gasteiger partial charge in [-0.15, -0.1) is 0 Å². The van der Waals surface area contributed by atoms with Gasteiger partial charge in [0.25, 0.3) is 0 Å². The minimum Gasteiger partial charge on any atom is -0.465 e. The van der Waals surface area contributed by atoms with Gasteiger partial charge in [-0.3, -0.25) is 4.79 Å². The molecule has 1 rings (SSSR count). The number of nitrogens with zero attached hydrogens (tertiary/aromatic N) is 1. The van der Waals surface area contributed by atoms with Gasteiger partial charge in [0, 0.05) is 11.7 Å². The maximum Gasteiger partial charge on any atom is 0.325 e. The number of anilines is 1. The average Bonchev–Trinajstić information content (AvgIpc) is 2.37. The largest absolute Gasteiger partial charge is 0.465 e. The molecule has 0 radical (unpaired) electrons. The normalized spacial score (nSPS) is 10.1. The van der Waals surface area contributed by atoms with Crippen LogP contribution in [0.25, 0.3) is 0 Å². The predicted molar refractivity (Wildman–Crippen MR) is 73.9 cm³/mol. The zero-order valence-electron chi connectivity index (χ0n) is 11.6. The molecule has 0 atom stereocenters. The van der Waals surface area contributed by atoms with E-state index in [2.05, 4.69) is 5.32 Å². The van der Waals surface area contributed by atoms with Crippen molar-refractivity contribution >= 4 is 17.7 Å². The summed E-state index contributed by atoms with van der Waals surface area (Å²) in [6.45, 7) is 5.70. The van der Waals surface area contributed by atoms with Gasteiger partial charge >= 0.3 is 12.0 Å². The van der Waals surface area contributed by atoms with Crippen molar-refractivity contribution in [3.63, 3.8) is 0 Å². The molecular weight excluding hydrogens is 244 g/mol. The minimum absolute atomic E-state index is 0.0514. The highest BCUT2D eigenvalue weighted by Crippen LogP contribution is 2.08. The standard InChI is InChI=1S/C14H20N2O3/c1-4-19-13(17)10-16(11(2)3)14(18)15-12-8-6-5-7-9-12/h5-9,11H,4,10H2,1-3H3,(H,15,18). The second-order valence-electron chi connectivity index (χ2n) is 4.32. The zero-order valence-corrected chi connectivity index (χ0v) is 11.6. The fraction of sp³-hybridized carbons (Fsp3) is 0.429. The van der Waals surface area contributed by atoms with E-state index in [1.165, 1.54) is 4.90 Å². The van der Waals surface area contributed by atoms with Crippen molar-refractivity contribution in [1.82, 2.24) is 4.90 Å². The smallest absolute Gasteiger partial charge is 0.325 e. The highest BCUT2D eigenvalue weighted by molar-refractivity contribution is 5.91. The molecule has 1 N–H and O–H groups in total. The summed E-state index contributed by atoms with van der Waals surface area (Å²) in [6.07, 6.45) is 0. The van der Waals surface area contributed by atoms with Gasteiger partial charge in [-0.05, 0) is 32.9 Å². The van der Waals surface area contributed by atoms with Crippen LogP contribution < -0.4 is 5.32 Å². The molecule has 0 heterocycles. The average molecular weight is 264 g/mol. The molecule has 0 aromatic heterocycles. The van der Waals surface area contributed by atoms with Crippen LogP contribution in [0.4, 0.5) is 10.5 Å². The van der Waals surface area contributed by atoms with Gasteiger partial charge in [0.1, 0.15) is 6.54 Å². The molecule has 0 fully saturated rings. The third kappa shape index (κ3) is 4.99. The van der Waals surface area contributed by atoms with E-state index in [1.54, 1.807) is 19.1 Å². The molecule has 0 aliphatic rings. The quantitative estimate of drug-likeness (QED) is 0.831. The lowest BCUT2D eigenvalue weighted by Crippen LogP contribution is -2.43. The Morgan fingerprint density at radius 2 is 1.89 bits per heavy atom. The van der Waals surface area contributed by atoms with Gasteiger partial charge in [0.05, 0.1) is 6.61 Å². The summed E-state index contributed by atoms with van der Waals surface area (Å²) in [5.41, 5.74) is 0.696. The number of carbonyl (C=O) groups excluding carboxylic acids is 2. The van der Waals surface area contributed by atoms with Crippen molar-refractivity contribution in [2.75, 3.05) is 18.5 Å². The lowest BCUT2D eigenvalue weighted by Gasteiger charge is -2.25. The third-order valence-electron chi connectivity index (χ3n) is 2.51. The number of esters is 1. The summed E-state index contributed by atoms with van der Waals surface area (Å²) in [7, 11) is 0. The van der Waals surface area contributed by atoms with E-state index < -0.39 is 5.97 Å². The van der Waals surface area contributed by atoms with Crippen molar-refractivity contribution in [1.29, 1.82) is 0 Å². The summed E-state index contributed by atoms with van der Waals surface area (Å²) >= 11 is 0. The van der Waals surface area contributed by atoms with Crippen LogP contribution in [-0.4, -0.2) is 36.1 Å². The Kier molecular flexibility index (Phi) is 5.85. The number of benzene rings is 1. The van der Waals surface area contributed by atoms with Crippen LogP contribution in [0.3, 0.4) is 0 Å². The molecule has 104 valence electrons. The van der Waals surface area contributed by atoms with Gasteiger partial charge in [-0.2, -0.15) is 0 Å². The molecule has 0 aliphatic carbocycles. The molecule has 1 aromatic carbocycles. The maximum atomic E-state index is 12.1. The Hall–Kier alpha value is -2.04. The van der Waals surface area contributed by atoms with Crippen LogP contribution in [-0.2, 0) is 9.53 Å². The number of rotatable bonds is 5. The monoisotopic (exact) mass is 264 g/mol. The lowest BCUT2D eigenvalue weighted by atomic mass is 10.3. The number of carbonyl (C=O) groups is 2. The fourth-order valence-electron chi connectivity index (χ4n) is 1.55. The molecular formula is C14H20N2O3. The van der Waals surface area contributed by atoms with Crippen molar-refractivity contribution < 1.29 is 14.3 Å². The number of amides is 2. The number of nitrogens with one attached hydrogen (secondary N) is 1. The molecule has 0 saturated heterocycles. The van der Waals surface area contributed by atoms with Gasteiger partial charge < -0.3 is 15.0 Å². The second-order valence-corrected chi connectivity index (χ2v) is 4.32. The van der Waals surface area contributed by atoms with Gasteiger partial charge in [-0.1, -0.05) is 18.2 Å². The van der Waals surface area contributed by atoms with Crippen molar-refractivity contribution in [3.8, 4) is 0 Å². The Bertz CT molecular complexity index is 418. The third-order valence-corrected chi connectivity index (χ3v) is 2.51. The van der Waals surface area contributed by atoms with E-state index in [-0.39, 0.29) is 18.6 Å². The first kappa shape index (κ1) is 15.0. The van der Waals surface area contributed by atoms with E-state index >= 15 is 0 Å². The number of urea groups is 1. The number of ether oxygens (including phenoxy) is 1. The molecule has 0 spiro atoms. The molecule has 1 aromatic rings. The van der Waals surface area contributed by atoms with Gasteiger partial charge in [0.15, 0.2) is 0 Å². The van der Waals surface area contributed by atoms with Gasteiger partial charge in [-0.25, -0.2) is 4.79 Å². The fourth-order valence-corrected chi connectivity index (χ4v) is 1.55. The Morgan fingerprint density at radius 3 is 2.42 bits per heavy atom. The number of hydrogen-bond donors (Lipinski definition) is 1. The Balaban J connectivity index is 2.66. The van der Waals surface area contributed by atoms with E-state index in [9.17, 15) is 9.59 Å². The summed E-state index contributed by atoms with van der Waals surface area (Å²) in [5, 5.41) is 2.75. The zero-order chi connectivity index (χ0) is 14.3. The van der Waals surface area contributed by atoms with E-state index in [4.69, 9.17) is 4.74 Å². The van der Waals surface area contributed by atoms with Crippen LogP contribution in [0.5, 0.6) is 0 Å². The first-order chi connectivity index (χ1) is 9.04. The van der Waals surface area contributed by atoms with Crippen molar-refractivity contribution in [2.24, 2.45) is 0 Å². The minimum atomic E-state index is -0.403. The molecule has 5 nitrogen and oxygen atoms in total. The van der Waals surface area contributed by atoms with Crippen LogP contribution in [0.15, 0.2) is 30.3 Å². The molecule has 0 unspecified atom stereocenters. The van der Waals surface area contributed by atoms with Crippen LogP contribution in [0.2, 0.25) is 0 Å².